The van der Waals surface area contributed by atoms with E-state index in [1.54, 1.807) is 0 Å². The number of amides is 1. The van der Waals surface area contributed by atoms with Crippen LogP contribution >= 0.6 is 0 Å². The third-order valence-electron chi connectivity index (χ3n) is 2.86. The molecular formula is C13H25FN2O3. The molecule has 0 saturated carbocycles. The maximum absolute atomic E-state index is 11.8. The molecule has 0 unspecified atom stereocenters. The Kier molecular flexibility index (Phi) is 9.12. The zero-order chi connectivity index (χ0) is 14.7. The number of hydrogen-bond acceptors (Lipinski definition) is 3. The summed E-state index contributed by atoms with van der Waals surface area (Å²) < 4.78 is 12.2. The summed E-state index contributed by atoms with van der Waals surface area (Å²) in [5.74, 6) is -1.09. The van der Waals surface area contributed by atoms with E-state index >= 15 is 0 Å². The van der Waals surface area contributed by atoms with Gasteiger partial charge in [-0.3, -0.25) is 9.18 Å². The van der Waals surface area contributed by atoms with Gasteiger partial charge in [0.1, 0.15) is 6.54 Å². The summed E-state index contributed by atoms with van der Waals surface area (Å²) in [6, 6.07) is 0. The van der Waals surface area contributed by atoms with Crippen LogP contribution in [0.2, 0.25) is 0 Å². The molecule has 0 aromatic heterocycles. The fourth-order valence-electron chi connectivity index (χ4n) is 1.81. The molecule has 0 aromatic rings. The average molecular weight is 276 g/mol. The van der Waals surface area contributed by atoms with E-state index in [1.165, 1.54) is 0 Å². The number of unbranched alkanes of at least 4 members (excludes halogenated alkanes) is 2. The number of carbonyl (C=O) groups is 2. The summed E-state index contributed by atoms with van der Waals surface area (Å²) >= 11 is 0. The molecule has 112 valence electrons. The highest BCUT2D eigenvalue weighted by Crippen LogP contribution is 2.00. The van der Waals surface area contributed by atoms with E-state index in [1.807, 2.05) is 14.1 Å². The third kappa shape index (κ3) is 11.6. The lowest BCUT2D eigenvalue weighted by Gasteiger charge is -2.30. The molecule has 6 heteroatoms. The van der Waals surface area contributed by atoms with Crippen molar-refractivity contribution >= 4 is 11.9 Å². The van der Waals surface area contributed by atoms with E-state index < -0.39 is 5.97 Å². The van der Waals surface area contributed by atoms with Gasteiger partial charge in [-0.2, -0.15) is 0 Å². The van der Waals surface area contributed by atoms with Gasteiger partial charge in [0.25, 0.3) is 0 Å². The second-order valence-corrected chi connectivity index (χ2v) is 5.39. The maximum Gasteiger partial charge on any atom is 0.219 e. The number of alkyl halides is 1. The molecule has 0 aliphatic heterocycles. The zero-order valence-corrected chi connectivity index (χ0v) is 11.9. The van der Waals surface area contributed by atoms with Crippen LogP contribution in [0.15, 0.2) is 0 Å². The van der Waals surface area contributed by atoms with Gasteiger partial charge in [0.05, 0.1) is 33.3 Å². The number of rotatable bonds is 11. The van der Waals surface area contributed by atoms with Gasteiger partial charge in [-0.1, -0.05) is 6.42 Å². The molecule has 0 saturated heterocycles. The molecule has 0 radical (unpaired) electrons. The van der Waals surface area contributed by atoms with Crippen molar-refractivity contribution in [1.82, 2.24) is 5.32 Å². The van der Waals surface area contributed by atoms with Gasteiger partial charge in [-0.25, -0.2) is 0 Å². The minimum atomic E-state index is -1.07. The van der Waals surface area contributed by atoms with E-state index in [9.17, 15) is 19.1 Å². The number of carboxylic acid groups (broad SMARTS) is 1. The highest BCUT2D eigenvalue weighted by atomic mass is 19.1. The summed E-state index contributed by atoms with van der Waals surface area (Å²) in [7, 11) is 3.63. The number of nitrogens with zero attached hydrogens (tertiary/aromatic N) is 1. The van der Waals surface area contributed by atoms with Crippen LogP contribution < -0.4 is 10.4 Å². The van der Waals surface area contributed by atoms with Crippen LogP contribution in [0.25, 0.3) is 0 Å². The SMILES string of the molecule is C[N+](C)(CCCNC(=O)CCCCCF)CC(=O)[O-]. The van der Waals surface area contributed by atoms with Gasteiger partial charge in [0, 0.05) is 19.4 Å². The number of carboxylic acids is 1. The average Bonchev–Trinajstić information content (AvgIpc) is 2.29. The van der Waals surface area contributed by atoms with Crippen molar-refractivity contribution in [3.8, 4) is 0 Å². The first-order chi connectivity index (χ1) is 8.87. The Morgan fingerprint density at radius 3 is 2.42 bits per heavy atom. The van der Waals surface area contributed by atoms with E-state index in [0.29, 0.717) is 36.8 Å². The largest absolute Gasteiger partial charge is 0.544 e. The summed E-state index contributed by atoms with van der Waals surface area (Å²) in [4.78, 5) is 21.9. The summed E-state index contributed by atoms with van der Waals surface area (Å²) in [5.41, 5.74) is 0. The Hall–Kier alpha value is -1.17. The number of quaternary nitrogens is 1. The quantitative estimate of drug-likeness (QED) is 0.421. The molecule has 0 bridgehead atoms. The third-order valence-corrected chi connectivity index (χ3v) is 2.86. The van der Waals surface area contributed by atoms with Crippen LogP contribution in [-0.2, 0) is 9.59 Å². The first-order valence-electron chi connectivity index (χ1n) is 6.72. The predicted molar refractivity (Wildman–Crippen MR) is 68.9 cm³/mol. The fraction of sp³-hybridized carbons (Fsp3) is 0.846. The van der Waals surface area contributed by atoms with Crippen LogP contribution in [0.3, 0.4) is 0 Å². The lowest BCUT2D eigenvalue weighted by Crippen LogP contribution is -2.49. The van der Waals surface area contributed by atoms with Crippen molar-refractivity contribution < 1.29 is 23.6 Å². The number of nitrogens with one attached hydrogen (secondary N) is 1. The molecule has 0 heterocycles. The number of aliphatic carboxylic acids is 1. The van der Waals surface area contributed by atoms with E-state index in [0.717, 1.165) is 12.8 Å². The summed E-state index contributed by atoms with van der Waals surface area (Å²) in [5, 5.41) is 13.3. The second-order valence-electron chi connectivity index (χ2n) is 5.39. The van der Waals surface area contributed by atoms with Gasteiger partial charge in [0.2, 0.25) is 5.91 Å². The van der Waals surface area contributed by atoms with Gasteiger partial charge >= 0.3 is 0 Å². The second kappa shape index (κ2) is 9.72. The van der Waals surface area contributed by atoms with E-state index in [-0.39, 0.29) is 19.1 Å². The zero-order valence-electron chi connectivity index (χ0n) is 11.9. The molecule has 0 aliphatic carbocycles. The monoisotopic (exact) mass is 276 g/mol. The highest BCUT2D eigenvalue weighted by molar-refractivity contribution is 5.75. The van der Waals surface area contributed by atoms with Gasteiger partial charge < -0.3 is 19.7 Å². The topological polar surface area (TPSA) is 69.2 Å². The molecule has 0 spiro atoms. The predicted octanol–water partition coefficient (Wildman–Crippen LogP) is -0.151. The van der Waals surface area contributed by atoms with E-state index in [2.05, 4.69) is 5.32 Å². The minimum Gasteiger partial charge on any atom is -0.544 e. The van der Waals surface area contributed by atoms with Gasteiger partial charge in [-0.15, -0.1) is 0 Å². The van der Waals surface area contributed by atoms with Gasteiger partial charge in [0.15, 0.2) is 0 Å². The lowest BCUT2D eigenvalue weighted by molar-refractivity contribution is -0.884. The Balaban J connectivity index is 3.57. The molecule has 0 rings (SSSR count). The summed E-state index contributed by atoms with van der Waals surface area (Å²) in [6.07, 6.45) is 3.11. The summed E-state index contributed by atoms with van der Waals surface area (Å²) in [6.45, 7) is 0.844. The Morgan fingerprint density at radius 1 is 1.16 bits per heavy atom. The molecule has 1 N–H and O–H groups in total. The molecule has 0 aliphatic rings. The van der Waals surface area contributed by atoms with Gasteiger partial charge in [-0.05, 0) is 12.8 Å². The van der Waals surface area contributed by atoms with Crippen molar-refractivity contribution in [2.45, 2.75) is 32.1 Å². The van der Waals surface area contributed by atoms with Crippen molar-refractivity contribution in [2.75, 3.05) is 40.4 Å². The van der Waals surface area contributed by atoms with Crippen LogP contribution in [0.1, 0.15) is 32.1 Å². The first kappa shape index (κ1) is 17.8. The first-order valence-corrected chi connectivity index (χ1v) is 6.72. The van der Waals surface area contributed by atoms with Crippen molar-refractivity contribution in [1.29, 1.82) is 0 Å². The van der Waals surface area contributed by atoms with Crippen molar-refractivity contribution in [3.05, 3.63) is 0 Å². The Labute approximate surface area is 114 Å². The highest BCUT2D eigenvalue weighted by Gasteiger charge is 2.14. The standard InChI is InChI=1S/C13H25FN2O3/c1-16(2,11-13(18)19)10-6-9-15-12(17)7-4-3-5-8-14/h3-11H2,1-2H3,(H-,15,17,18,19). The molecule has 5 nitrogen and oxygen atoms in total. The molecule has 1 amide bonds. The van der Waals surface area contributed by atoms with Crippen LogP contribution in [-0.4, -0.2) is 56.8 Å². The van der Waals surface area contributed by atoms with Crippen molar-refractivity contribution in [2.24, 2.45) is 0 Å². The molecule has 19 heavy (non-hydrogen) atoms. The molecule has 0 atom stereocenters. The van der Waals surface area contributed by atoms with Crippen LogP contribution in [0, 0.1) is 0 Å². The number of likely N-dealkylation sites (N-methyl/N-ethyl adjacent to an activating group) is 1. The minimum absolute atomic E-state index is 0.0240. The molecule has 0 aromatic carbocycles. The maximum atomic E-state index is 11.8. The normalized spacial score (nSPS) is 11.3. The van der Waals surface area contributed by atoms with Crippen LogP contribution in [0.5, 0.6) is 0 Å². The Morgan fingerprint density at radius 2 is 1.84 bits per heavy atom. The van der Waals surface area contributed by atoms with Crippen LogP contribution in [0.4, 0.5) is 4.39 Å². The number of hydrogen-bond donors (Lipinski definition) is 1. The Bertz CT molecular complexity index is 283. The van der Waals surface area contributed by atoms with E-state index in [4.69, 9.17) is 0 Å². The molecule has 0 fully saturated rings. The number of halogens is 1. The lowest BCUT2D eigenvalue weighted by atomic mass is 10.2. The van der Waals surface area contributed by atoms with Crippen molar-refractivity contribution in [3.63, 3.8) is 0 Å². The number of carbonyl (C=O) groups excluding carboxylic acids is 2. The molecular weight excluding hydrogens is 251 g/mol. The fourth-order valence-corrected chi connectivity index (χ4v) is 1.81. The smallest absolute Gasteiger partial charge is 0.219 e.